The first-order valence-corrected chi connectivity index (χ1v) is 9.55. The highest BCUT2D eigenvalue weighted by atomic mass is 32.2. The number of aryl methyl sites for hydroxylation is 1. The van der Waals surface area contributed by atoms with Crippen LogP contribution in [0, 0.1) is 0 Å². The molecule has 0 bridgehead atoms. The average molecular weight is 351 g/mol. The maximum atomic E-state index is 12.1. The van der Waals surface area contributed by atoms with Gasteiger partial charge in [0.1, 0.15) is 0 Å². The molecule has 7 heteroatoms. The van der Waals surface area contributed by atoms with Gasteiger partial charge in [-0.15, -0.1) is 0 Å². The largest absolute Gasteiger partial charge is 0.465 e. The van der Waals surface area contributed by atoms with Crippen molar-refractivity contribution in [1.82, 2.24) is 5.16 Å². The van der Waals surface area contributed by atoms with Crippen LogP contribution in [0.3, 0.4) is 0 Å². The molecule has 6 nitrogen and oxygen atoms in total. The van der Waals surface area contributed by atoms with Gasteiger partial charge in [-0.05, 0) is 26.7 Å². The highest BCUT2D eigenvalue weighted by Gasteiger charge is 2.44. The smallest absolute Gasteiger partial charge is 0.327 e. The Labute approximate surface area is 141 Å². The fourth-order valence-electron chi connectivity index (χ4n) is 2.26. The van der Waals surface area contributed by atoms with Gasteiger partial charge in [-0.25, -0.2) is 8.42 Å². The lowest BCUT2D eigenvalue weighted by molar-refractivity contribution is -0.146. The summed E-state index contributed by atoms with van der Waals surface area (Å²) in [5, 5.41) is 3.96. The maximum absolute atomic E-state index is 12.1. The van der Waals surface area contributed by atoms with E-state index in [1.165, 1.54) is 6.92 Å². The molecule has 0 N–H and O–H groups in total. The van der Waals surface area contributed by atoms with Gasteiger partial charge >= 0.3 is 5.97 Å². The number of esters is 1. The highest BCUT2D eigenvalue weighted by Crippen LogP contribution is 2.26. The van der Waals surface area contributed by atoms with Crippen LogP contribution in [0.5, 0.6) is 0 Å². The second kappa shape index (κ2) is 7.17. The first kappa shape index (κ1) is 18.2. The fraction of sp³-hybridized carbons (Fsp3) is 0.412. The predicted octanol–water partition coefficient (Wildman–Crippen LogP) is 2.64. The maximum Gasteiger partial charge on any atom is 0.327 e. The van der Waals surface area contributed by atoms with Crippen LogP contribution in [-0.2, 0) is 25.8 Å². The number of rotatable bonds is 7. The number of nitrogens with zero attached hydrogens (tertiary/aromatic N) is 1. The molecule has 0 unspecified atom stereocenters. The van der Waals surface area contributed by atoms with Crippen LogP contribution < -0.4 is 0 Å². The van der Waals surface area contributed by atoms with E-state index in [1.807, 2.05) is 30.3 Å². The van der Waals surface area contributed by atoms with Crippen LogP contribution in [0.1, 0.15) is 26.0 Å². The lowest BCUT2D eigenvalue weighted by Gasteiger charge is -2.24. The predicted molar refractivity (Wildman–Crippen MR) is 90.1 cm³/mol. The van der Waals surface area contributed by atoms with E-state index < -0.39 is 20.6 Å². The van der Waals surface area contributed by atoms with Crippen LogP contribution in [0.25, 0.3) is 11.3 Å². The van der Waals surface area contributed by atoms with Gasteiger partial charge in [-0.1, -0.05) is 35.5 Å². The monoisotopic (exact) mass is 351 g/mol. The number of sulfone groups is 1. The standard InChI is InChI=1S/C17H21NO5S/c1-4-22-16(19)17(2,24(3,20)21)11-10-14-12-15(23-18-14)13-8-6-5-7-9-13/h5-9,12H,4,10-11H2,1-3H3/t17-/m1/s1. The third-order valence-corrected chi connectivity index (χ3v) is 6.01. The Kier molecular flexibility index (Phi) is 5.43. The SMILES string of the molecule is CCOC(=O)[C@@](C)(CCc1cc(-c2ccccc2)on1)S(C)(=O)=O. The van der Waals surface area contributed by atoms with Crippen LogP contribution in [-0.4, -0.2) is 37.2 Å². The second-order valence-electron chi connectivity index (χ2n) is 5.77. The summed E-state index contributed by atoms with van der Waals surface area (Å²) in [6, 6.07) is 11.2. The summed E-state index contributed by atoms with van der Waals surface area (Å²) in [6.07, 6.45) is 1.41. The zero-order valence-corrected chi connectivity index (χ0v) is 14.8. The molecule has 0 amide bonds. The van der Waals surface area contributed by atoms with Gasteiger partial charge in [0, 0.05) is 17.9 Å². The second-order valence-corrected chi connectivity index (χ2v) is 8.22. The molecule has 0 aliphatic rings. The van der Waals surface area contributed by atoms with Crippen molar-refractivity contribution in [1.29, 1.82) is 0 Å². The third-order valence-electron chi connectivity index (χ3n) is 4.00. The fourth-order valence-corrected chi connectivity index (χ4v) is 3.09. The number of benzene rings is 1. The summed E-state index contributed by atoms with van der Waals surface area (Å²) in [5.41, 5.74) is 1.47. The molecule has 0 aliphatic carbocycles. The molecule has 130 valence electrons. The number of aromatic nitrogens is 1. The summed E-state index contributed by atoms with van der Waals surface area (Å²) >= 11 is 0. The van der Waals surface area contributed by atoms with Crippen molar-refractivity contribution in [2.75, 3.05) is 12.9 Å². The summed E-state index contributed by atoms with van der Waals surface area (Å²) in [6.45, 7) is 3.16. The first-order valence-electron chi connectivity index (χ1n) is 7.66. The van der Waals surface area contributed by atoms with Gasteiger partial charge in [-0.3, -0.25) is 4.79 Å². The van der Waals surface area contributed by atoms with Crippen LogP contribution in [0.2, 0.25) is 0 Å². The minimum Gasteiger partial charge on any atom is -0.465 e. The van der Waals surface area contributed by atoms with Gasteiger partial charge in [0.15, 0.2) is 20.3 Å². The van der Waals surface area contributed by atoms with E-state index in [0.717, 1.165) is 11.8 Å². The molecule has 24 heavy (non-hydrogen) atoms. The molecule has 2 aromatic rings. The quantitative estimate of drug-likeness (QED) is 0.713. The molecule has 0 aliphatic heterocycles. The summed E-state index contributed by atoms with van der Waals surface area (Å²) in [5.74, 6) is -0.137. The summed E-state index contributed by atoms with van der Waals surface area (Å²) < 4.78 is 32.8. The van der Waals surface area contributed by atoms with Crippen LogP contribution in [0.4, 0.5) is 0 Å². The van der Waals surface area contributed by atoms with Crippen LogP contribution >= 0.6 is 0 Å². The van der Waals surface area contributed by atoms with E-state index in [-0.39, 0.29) is 13.0 Å². The van der Waals surface area contributed by atoms with Crippen LogP contribution in [0.15, 0.2) is 40.9 Å². The molecule has 0 fully saturated rings. The molecule has 1 aromatic heterocycles. The lowest BCUT2D eigenvalue weighted by Crippen LogP contribution is -2.44. The van der Waals surface area contributed by atoms with Crippen molar-refractivity contribution in [3.63, 3.8) is 0 Å². The van der Waals surface area contributed by atoms with E-state index in [9.17, 15) is 13.2 Å². The normalized spacial score (nSPS) is 14.1. The Morgan fingerprint density at radius 2 is 1.96 bits per heavy atom. The molecule has 0 saturated heterocycles. The minimum absolute atomic E-state index is 0.0748. The van der Waals surface area contributed by atoms with Crippen molar-refractivity contribution < 1.29 is 22.5 Å². The summed E-state index contributed by atoms with van der Waals surface area (Å²) in [7, 11) is -3.63. The number of hydrogen-bond donors (Lipinski definition) is 0. The highest BCUT2D eigenvalue weighted by molar-refractivity contribution is 7.92. The Morgan fingerprint density at radius 3 is 2.54 bits per heavy atom. The number of carbonyl (C=O) groups excluding carboxylic acids is 1. The van der Waals surface area contributed by atoms with Crippen molar-refractivity contribution in [3.05, 3.63) is 42.1 Å². The molecule has 1 heterocycles. The lowest BCUT2D eigenvalue weighted by atomic mass is 10.0. The molecule has 2 rings (SSSR count). The van der Waals surface area contributed by atoms with Crippen molar-refractivity contribution in [2.24, 2.45) is 0 Å². The van der Waals surface area contributed by atoms with Gasteiger partial charge in [0.05, 0.1) is 12.3 Å². The molecule has 0 saturated carbocycles. The van der Waals surface area contributed by atoms with E-state index in [2.05, 4.69) is 5.16 Å². The van der Waals surface area contributed by atoms with Gasteiger partial charge in [-0.2, -0.15) is 0 Å². The molecular formula is C17H21NO5S. The molecule has 0 radical (unpaired) electrons. The van der Waals surface area contributed by atoms with E-state index in [1.54, 1.807) is 13.0 Å². The van der Waals surface area contributed by atoms with Crippen molar-refractivity contribution in [2.45, 2.75) is 31.4 Å². The Morgan fingerprint density at radius 1 is 1.29 bits per heavy atom. The van der Waals surface area contributed by atoms with Gasteiger partial charge < -0.3 is 9.26 Å². The Bertz CT molecular complexity index is 797. The van der Waals surface area contributed by atoms with Crippen molar-refractivity contribution >= 4 is 15.8 Å². The third kappa shape index (κ3) is 3.84. The Hall–Kier alpha value is -2.15. The minimum atomic E-state index is -3.63. The first-order chi connectivity index (χ1) is 11.3. The molecule has 1 atom stereocenters. The number of hydrogen-bond acceptors (Lipinski definition) is 6. The number of carbonyl (C=O) groups is 1. The van der Waals surface area contributed by atoms with E-state index in [4.69, 9.17) is 9.26 Å². The number of ether oxygens (including phenoxy) is 1. The topological polar surface area (TPSA) is 86.5 Å². The van der Waals surface area contributed by atoms with Gasteiger partial charge in [0.2, 0.25) is 0 Å². The molecular weight excluding hydrogens is 330 g/mol. The van der Waals surface area contributed by atoms with E-state index >= 15 is 0 Å². The molecule has 0 spiro atoms. The van der Waals surface area contributed by atoms with Gasteiger partial charge in [0.25, 0.3) is 0 Å². The average Bonchev–Trinajstić information content (AvgIpc) is 3.01. The zero-order chi connectivity index (χ0) is 17.8. The summed E-state index contributed by atoms with van der Waals surface area (Å²) in [4.78, 5) is 12.1. The zero-order valence-electron chi connectivity index (χ0n) is 14.0. The van der Waals surface area contributed by atoms with Crippen molar-refractivity contribution in [3.8, 4) is 11.3 Å². The van der Waals surface area contributed by atoms with E-state index in [0.29, 0.717) is 17.9 Å². The molecule has 1 aromatic carbocycles. The Balaban J connectivity index is 2.16.